The van der Waals surface area contributed by atoms with Gasteiger partial charge in [-0.3, -0.25) is 4.79 Å². The molecule has 0 spiro atoms. The molecule has 1 amide bonds. The van der Waals surface area contributed by atoms with E-state index in [1.807, 2.05) is 26.0 Å². The van der Waals surface area contributed by atoms with Gasteiger partial charge in [-0.05, 0) is 38.8 Å². The maximum atomic E-state index is 12.0. The molecule has 5 nitrogen and oxygen atoms in total. The Morgan fingerprint density at radius 1 is 1.18 bits per heavy atom. The van der Waals surface area contributed by atoms with Crippen LogP contribution in [-0.4, -0.2) is 27.9 Å². The molecule has 0 radical (unpaired) electrons. The minimum atomic E-state index is -0.143. The molecule has 0 aliphatic carbocycles. The van der Waals surface area contributed by atoms with Crippen molar-refractivity contribution >= 4 is 17.7 Å². The maximum Gasteiger partial charge on any atom is 0.277 e. The summed E-state index contributed by atoms with van der Waals surface area (Å²) in [6.45, 7) is 4.84. The Bertz CT molecular complexity index is 664. The molecule has 2 aromatic rings. The van der Waals surface area contributed by atoms with E-state index in [0.29, 0.717) is 11.1 Å². The van der Waals surface area contributed by atoms with Crippen molar-refractivity contribution in [1.82, 2.24) is 15.5 Å². The average molecular weight is 317 g/mol. The lowest BCUT2D eigenvalue weighted by atomic mass is 10.1. The Morgan fingerprint density at radius 2 is 1.95 bits per heavy atom. The summed E-state index contributed by atoms with van der Waals surface area (Å²) < 4.78 is 5.73. The van der Waals surface area contributed by atoms with Crippen molar-refractivity contribution in [3.8, 4) is 11.5 Å². The summed E-state index contributed by atoms with van der Waals surface area (Å²) >= 11 is 1.36. The zero-order valence-electron chi connectivity index (χ0n) is 12.8. The van der Waals surface area contributed by atoms with Crippen molar-refractivity contribution in [2.24, 2.45) is 0 Å². The van der Waals surface area contributed by atoms with Gasteiger partial charge in [0.25, 0.3) is 5.22 Å². The molecule has 2 heterocycles. The number of nitrogens with zero attached hydrogens (tertiary/aromatic N) is 2. The number of aryl methyl sites for hydroxylation is 2. The second-order valence-electron chi connectivity index (χ2n) is 5.64. The fourth-order valence-electron chi connectivity index (χ4n) is 2.62. The topological polar surface area (TPSA) is 68.0 Å². The van der Waals surface area contributed by atoms with Gasteiger partial charge in [0.15, 0.2) is 0 Å². The molecule has 1 unspecified atom stereocenters. The normalized spacial score (nSPS) is 18.8. The highest BCUT2D eigenvalue weighted by atomic mass is 32.2. The van der Waals surface area contributed by atoms with Gasteiger partial charge in [-0.25, -0.2) is 0 Å². The van der Waals surface area contributed by atoms with E-state index < -0.39 is 0 Å². The minimum Gasteiger partial charge on any atom is -0.411 e. The number of rotatable bonds is 3. The van der Waals surface area contributed by atoms with Crippen LogP contribution >= 0.6 is 11.8 Å². The van der Waals surface area contributed by atoms with Gasteiger partial charge in [-0.1, -0.05) is 35.4 Å². The lowest BCUT2D eigenvalue weighted by molar-refractivity contribution is -0.120. The van der Waals surface area contributed by atoms with Crippen molar-refractivity contribution in [3.63, 3.8) is 0 Å². The first-order valence-electron chi connectivity index (χ1n) is 7.48. The molecule has 1 N–H and O–H groups in total. The summed E-state index contributed by atoms with van der Waals surface area (Å²) in [4.78, 5) is 12.0. The van der Waals surface area contributed by atoms with Crippen LogP contribution in [0.3, 0.4) is 0 Å². The number of thioether (sulfide) groups is 1. The fourth-order valence-corrected chi connectivity index (χ4v) is 3.55. The molecule has 1 atom stereocenters. The Hall–Kier alpha value is -1.82. The smallest absolute Gasteiger partial charge is 0.277 e. The predicted octanol–water partition coefficient (Wildman–Crippen LogP) is 3.11. The Kier molecular flexibility index (Phi) is 4.47. The van der Waals surface area contributed by atoms with Crippen molar-refractivity contribution in [3.05, 3.63) is 29.3 Å². The van der Waals surface area contributed by atoms with Gasteiger partial charge < -0.3 is 9.73 Å². The monoisotopic (exact) mass is 317 g/mol. The average Bonchev–Trinajstić information content (AvgIpc) is 2.84. The van der Waals surface area contributed by atoms with Crippen molar-refractivity contribution in [2.75, 3.05) is 6.54 Å². The Balaban J connectivity index is 1.77. The standard InChI is InChI=1S/C16H19N3O2S/c1-10-7-11(2)9-12(8-10)15-18-19-16(21-15)22-13-5-3-4-6-17-14(13)20/h7-9,13H,3-6H2,1-2H3,(H,17,20). The SMILES string of the molecule is Cc1cc(C)cc(-c2nnc(SC3CCCCNC3=O)o2)c1. The third-order valence-corrected chi connectivity index (χ3v) is 4.70. The van der Waals surface area contributed by atoms with Gasteiger partial charge in [-0.15, -0.1) is 10.2 Å². The van der Waals surface area contributed by atoms with Crippen LogP contribution in [0, 0.1) is 13.8 Å². The second-order valence-corrected chi connectivity index (χ2v) is 6.80. The number of hydrogen-bond donors (Lipinski definition) is 1. The van der Waals surface area contributed by atoms with Gasteiger partial charge in [0.2, 0.25) is 11.8 Å². The molecule has 3 rings (SSSR count). The predicted molar refractivity (Wildman–Crippen MR) is 85.7 cm³/mol. The summed E-state index contributed by atoms with van der Waals surface area (Å²) in [5.41, 5.74) is 3.23. The number of nitrogens with one attached hydrogen (secondary N) is 1. The molecule has 22 heavy (non-hydrogen) atoms. The maximum absolute atomic E-state index is 12.0. The van der Waals surface area contributed by atoms with E-state index in [9.17, 15) is 4.79 Å². The van der Waals surface area contributed by atoms with Gasteiger partial charge in [0, 0.05) is 12.1 Å². The van der Waals surface area contributed by atoms with Gasteiger partial charge >= 0.3 is 0 Å². The molecule has 1 aliphatic rings. The number of hydrogen-bond acceptors (Lipinski definition) is 5. The third-order valence-electron chi connectivity index (χ3n) is 3.60. The molecule has 6 heteroatoms. The van der Waals surface area contributed by atoms with Gasteiger partial charge in [-0.2, -0.15) is 0 Å². The van der Waals surface area contributed by atoms with Crippen LogP contribution in [0.1, 0.15) is 30.4 Å². The van der Waals surface area contributed by atoms with Gasteiger partial charge in [0.1, 0.15) is 0 Å². The lowest BCUT2D eigenvalue weighted by Crippen LogP contribution is -2.30. The molecule has 0 bridgehead atoms. The summed E-state index contributed by atoms with van der Waals surface area (Å²) in [7, 11) is 0. The number of carbonyl (C=O) groups is 1. The fraction of sp³-hybridized carbons (Fsp3) is 0.438. The zero-order chi connectivity index (χ0) is 15.5. The first-order chi connectivity index (χ1) is 10.6. The molecule has 116 valence electrons. The molecule has 1 saturated heterocycles. The van der Waals surface area contributed by atoms with E-state index >= 15 is 0 Å². The van der Waals surface area contributed by atoms with Crippen LogP contribution < -0.4 is 5.32 Å². The number of aromatic nitrogens is 2. The largest absolute Gasteiger partial charge is 0.411 e. The van der Waals surface area contributed by atoms with Crippen molar-refractivity contribution in [1.29, 1.82) is 0 Å². The summed E-state index contributed by atoms with van der Waals surface area (Å²) in [5, 5.41) is 11.4. The van der Waals surface area contributed by atoms with E-state index in [1.54, 1.807) is 0 Å². The van der Waals surface area contributed by atoms with Crippen molar-refractivity contribution in [2.45, 2.75) is 43.6 Å². The van der Waals surface area contributed by atoms with Crippen LogP contribution in [0.2, 0.25) is 0 Å². The van der Waals surface area contributed by atoms with Crippen LogP contribution in [0.5, 0.6) is 0 Å². The summed E-state index contributed by atoms with van der Waals surface area (Å²) in [6, 6.07) is 6.14. The first kappa shape index (κ1) is 15.1. The molecule has 0 saturated carbocycles. The highest BCUT2D eigenvalue weighted by Crippen LogP contribution is 2.30. The number of amides is 1. The molecular weight excluding hydrogens is 298 g/mol. The van der Waals surface area contributed by atoms with Crippen LogP contribution in [0.4, 0.5) is 0 Å². The van der Waals surface area contributed by atoms with E-state index in [-0.39, 0.29) is 11.2 Å². The van der Waals surface area contributed by atoms with Gasteiger partial charge in [0.05, 0.1) is 5.25 Å². The molecule has 1 fully saturated rings. The number of carbonyl (C=O) groups excluding carboxylic acids is 1. The highest BCUT2D eigenvalue weighted by Gasteiger charge is 2.24. The Labute approximate surface area is 133 Å². The highest BCUT2D eigenvalue weighted by molar-refractivity contribution is 8.00. The Morgan fingerprint density at radius 3 is 2.73 bits per heavy atom. The second kappa shape index (κ2) is 6.52. The van der Waals surface area contributed by atoms with E-state index in [0.717, 1.165) is 42.5 Å². The molecule has 1 aromatic heterocycles. The molecular formula is C16H19N3O2S. The lowest BCUT2D eigenvalue weighted by Gasteiger charge is -2.09. The van der Waals surface area contributed by atoms with Crippen LogP contribution in [0.15, 0.2) is 27.8 Å². The molecule has 1 aromatic carbocycles. The van der Waals surface area contributed by atoms with Crippen LogP contribution in [0.25, 0.3) is 11.5 Å². The van der Waals surface area contributed by atoms with Crippen molar-refractivity contribution < 1.29 is 9.21 Å². The van der Waals surface area contributed by atoms with E-state index in [2.05, 4.69) is 21.6 Å². The number of benzene rings is 1. The van der Waals surface area contributed by atoms with E-state index in [1.165, 1.54) is 11.8 Å². The molecule has 1 aliphatic heterocycles. The minimum absolute atomic E-state index is 0.0636. The van der Waals surface area contributed by atoms with Crippen LogP contribution in [-0.2, 0) is 4.79 Å². The van der Waals surface area contributed by atoms with E-state index in [4.69, 9.17) is 4.42 Å². The third kappa shape index (κ3) is 3.50. The summed E-state index contributed by atoms with van der Waals surface area (Å²) in [5.74, 6) is 0.567. The quantitative estimate of drug-likeness (QED) is 0.942. The first-order valence-corrected chi connectivity index (χ1v) is 8.36. The summed E-state index contributed by atoms with van der Waals surface area (Å²) in [6.07, 6.45) is 2.91. The zero-order valence-corrected chi connectivity index (χ0v) is 13.6.